The minimum atomic E-state index is -3.31. The van der Waals surface area contributed by atoms with Crippen molar-refractivity contribution in [2.45, 2.75) is 115 Å². The van der Waals surface area contributed by atoms with E-state index in [4.69, 9.17) is 21.0 Å². The van der Waals surface area contributed by atoms with Crippen LogP contribution >= 0.6 is 39.5 Å². The maximum Gasteiger partial charge on any atom is 0.408 e. The molecule has 0 aliphatic heterocycles. The van der Waals surface area contributed by atoms with E-state index in [-0.39, 0.29) is 60.9 Å². The molecule has 5 aromatic heterocycles. The van der Waals surface area contributed by atoms with Gasteiger partial charge < -0.3 is 15.8 Å². The highest BCUT2D eigenvalue weighted by molar-refractivity contribution is 9.10. The molecule has 0 bridgehead atoms. The van der Waals surface area contributed by atoms with Crippen molar-refractivity contribution in [3.05, 3.63) is 95.6 Å². The largest absolute Gasteiger partial charge is 0.444 e. The third kappa shape index (κ3) is 26.0. The van der Waals surface area contributed by atoms with Gasteiger partial charge in [0.1, 0.15) is 45.0 Å². The van der Waals surface area contributed by atoms with Crippen LogP contribution in [-0.4, -0.2) is 101 Å². The Labute approximate surface area is 406 Å². The van der Waals surface area contributed by atoms with Crippen LogP contribution in [0.3, 0.4) is 0 Å². The van der Waals surface area contributed by atoms with Crippen molar-refractivity contribution in [2.24, 2.45) is 5.73 Å². The van der Waals surface area contributed by atoms with E-state index in [0.29, 0.717) is 11.6 Å². The number of nitriles is 2. The van der Waals surface area contributed by atoms with Gasteiger partial charge in [0.2, 0.25) is 11.6 Å². The van der Waals surface area contributed by atoms with E-state index in [0.717, 1.165) is 38.0 Å². The Morgan fingerprint density at radius 1 is 0.652 bits per heavy atom. The zero-order valence-corrected chi connectivity index (χ0v) is 41.5. The molecule has 3 N–H and O–H groups in total. The summed E-state index contributed by atoms with van der Waals surface area (Å²) < 4.78 is 51.5. The maximum atomic E-state index is 11.6. The topological polar surface area (TPSA) is 309 Å². The first kappa shape index (κ1) is 62.8. The number of aromatic nitrogens is 10. The highest BCUT2D eigenvalue weighted by atomic mass is 79.9. The lowest BCUT2D eigenvalue weighted by Crippen LogP contribution is -2.32. The Hall–Kier alpha value is -5.31. The molecule has 0 saturated heterocycles. The second-order valence-electron chi connectivity index (χ2n) is 12.8. The van der Waals surface area contributed by atoms with Gasteiger partial charge in [-0.15, -0.1) is 23.5 Å². The third-order valence-electron chi connectivity index (χ3n) is 6.88. The molecule has 0 atom stereocenters. The minimum absolute atomic E-state index is 0. The summed E-state index contributed by atoms with van der Waals surface area (Å²) in [5.41, 5.74) is 4.69. The average Bonchev–Trinajstić information content (AvgIpc) is 3.30. The molecule has 0 radical (unpaired) electrons. The fraction of sp³-hybridized carbons (Fsp3) is 0.439. The minimum Gasteiger partial charge on any atom is -0.444 e. The zero-order chi connectivity index (χ0) is 48.2. The Balaban J connectivity index is 0. The highest BCUT2D eigenvalue weighted by Crippen LogP contribution is 2.15. The lowest BCUT2D eigenvalue weighted by atomic mass is 10.2. The van der Waals surface area contributed by atoms with Gasteiger partial charge in [0, 0.05) is 78.2 Å². The van der Waals surface area contributed by atoms with E-state index < -0.39 is 31.4 Å². The third-order valence-corrected chi connectivity index (χ3v) is 12.3. The number of aryl methyl sites for hydroxylation is 1. The summed E-state index contributed by atoms with van der Waals surface area (Å²) in [5, 5.41) is 19.1. The van der Waals surface area contributed by atoms with Crippen molar-refractivity contribution in [2.75, 3.05) is 23.0 Å². The molecule has 0 saturated carbocycles. The number of nitrogens with zero attached hydrogens (tertiary/aromatic N) is 12. The number of halogens is 1. The maximum absolute atomic E-state index is 11.6. The van der Waals surface area contributed by atoms with E-state index in [1.54, 1.807) is 70.5 Å². The van der Waals surface area contributed by atoms with Crippen LogP contribution in [0.4, 0.5) is 4.79 Å². The second-order valence-corrected chi connectivity index (χ2v) is 20.9. The van der Waals surface area contributed by atoms with Crippen molar-refractivity contribution in [3.63, 3.8) is 0 Å². The van der Waals surface area contributed by atoms with Crippen molar-refractivity contribution in [1.29, 1.82) is 10.5 Å². The lowest BCUT2D eigenvalue weighted by Gasteiger charge is -2.19. The molecule has 0 aliphatic rings. The first-order valence-electron chi connectivity index (χ1n) is 19.2. The average molecular weight is 1050 g/mol. The zero-order valence-electron chi connectivity index (χ0n) is 36.6. The van der Waals surface area contributed by atoms with Crippen LogP contribution in [0.2, 0.25) is 0 Å². The molecule has 1 amide bonds. The molecule has 5 aromatic rings. The number of carbonyl (C=O) groups excluding carboxylic acids is 1. The van der Waals surface area contributed by atoms with Crippen LogP contribution in [0.5, 0.6) is 0 Å². The number of rotatable bonds is 12. The molecule has 5 rings (SSSR count). The molecule has 25 heteroatoms. The quantitative estimate of drug-likeness (QED) is 0.119. The van der Waals surface area contributed by atoms with Crippen LogP contribution < -0.4 is 11.1 Å². The normalized spacial score (nSPS) is 10.2. The first-order valence-corrected chi connectivity index (χ1v) is 25.3. The fourth-order valence-electron chi connectivity index (χ4n) is 3.75. The predicted octanol–water partition coefficient (Wildman–Crippen LogP) is 7.02. The summed E-state index contributed by atoms with van der Waals surface area (Å²) in [4.78, 5) is 52.6. The van der Waals surface area contributed by atoms with E-state index in [1.165, 1.54) is 37.2 Å². The van der Waals surface area contributed by atoms with Gasteiger partial charge >= 0.3 is 6.09 Å². The lowest BCUT2D eigenvalue weighted by molar-refractivity contribution is 0.0522. The van der Waals surface area contributed by atoms with E-state index >= 15 is 0 Å². The van der Waals surface area contributed by atoms with Crippen molar-refractivity contribution in [1.82, 2.24) is 55.2 Å². The van der Waals surface area contributed by atoms with E-state index in [1.807, 2.05) is 24.5 Å². The van der Waals surface area contributed by atoms with E-state index in [2.05, 4.69) is 91.9 Å². The Kier molecular flexibility index (Phi) is 31.6. The van der Waals surface area contributed by atoms with Gasteiger partial charge in [0.05, 0.1) is 29.1 Å². The number of sulfone groups is 2. The summed E-state index contributed by atoms with van der Waals surface area (Å²) in [6.07, 6.45) is 15.6. The molecule has 20 nitrogen and oxygen atoms in total. The molecule has 360 valence electrons. The molecule has 0 unspecified atom stereocenters. The fourth-order valence-corrected chi connectivity index (χ4v) is 6.65. The van der Waals surface area contributed by atoms with Gasteiger partial charge in [0.25, 0.3) is 0 Å². The van der Waals surface area contributed by atoms with Gasteiger partial charge in [-0.05, 0) is 48.2 Å². The number of thioether (sulfide) groups is 2. The van der Waals surface area contributed by atoms with Gasteiger partial charge in [0.15, 0.2) is 19.7 Å². The van der Waals surface area contributed by atoms with Gasteiger partial charge in [-0.1, -0.05) is 49.5 Å². The molecule has 0 spiro atoms. The van der Waals surface area contributed by atoms with Crippen LogP contribution in [0.15, 0.2) is 86.0 Å². The van der Waals surface area contributed by atoms with Crippen LogP contribution in [0.25, 0.3) is 0 Å². The number of nitrogens with one attached hydrogen (secondary N) is 1. The van der Waals surface area contributed by atoms with Crippen LogP contribution in [0, 0.1) is 22.7 Å². The standard InChI is InChI=1S/C12H19N3O4S.C8H12N2S.C7H11N3O2S.C7H7N3S.C5H2BrN3.2CH4/c1-5-20(17,18)9-6-13-10(14-7-9)8-15-11(16)19-12(2,3)4;1-3-8-9-5-7(6-10-8)11-4-2;1-2-13(11,12)6-4-9-7(3-8)10-5-6;1-2-11-6-4-9-7(3-8)10-5-6;6-4-2-8-5(1-7)9-3-4;;/h6-7H,5,8H2,1-4H3,(H,15,16);5-6H,3-4H2,1-2H3;4-5H,2-3,8H2,1H3;4-5H,2H2,1H3;2-3H;2*1H4. The molecule has 0 fully saturated rings. The molecule has 0 aromatic carbocycles. The van der Waals surface area contributed by atoms with Gasteiger partial charge in [-0.25, -0.2) is 71.5 Å². The van der Waals surface area contributed by atoms with E-state index in [9.17, 15) is 21.6 Å². The first-order chi connectivity index (χ1) is 30.3. The molecule has 66 heavy (non-hydrogen) atoms. The smallest absolute Gasteiger partial charge is 0.408 e. The summed E-state index contributed by atoms with van der Waals surface area (Å²) in [6, 6.07) is 3.68. The van der Waals surface area contributed by atoms with Gasteiger partial charge in [-0.2, -0.15) is 10.5 Å². The summed E-state index contributed by atoms with van der Waals surface area (Å²) in [5.74, 6) is 4.21. The number of ether oxygens (including phenoxy) is 1. The van der Waals surface area contributed by atoms with Gasteiger partial charge in [-0.3, -0.25) is 0 Å². The Morgan fingerprint density at radius 3 is 1.35 bits per heavy atom. The predicted molar refractivity (Wildman–Crippen MR) is 259 cm³/mol. The molecular weight excluding hydrogens is 993 g/mol. The number of nitrogens with two attached hydrogens (primary N) is 1. The number of alkyl carbamates (subject to hydrolysis) is 1. The number of carbonyl (C=O) groups is 1. The molecule has 5 heterocycles. The summed E-state index contributed by atoms with van der Waals surface area (Å²) in [7, 11) is -6.50. The van der Waals surface area contributed by atoms with Crippen LogP contribution in [-0.2, 0) is 43.9 Å². The van der Waals surface area contributed by atoms with Crippen molar-refractivity contribution in [3.8, 4) is 12.1 Å². The number of hydrogen-bond acceptors (Lipinski definition) is 21. The summed E-state index contributed by atoms with van der Waals surface area (Å²) >= 11 is 6.57. The monoisotopic (exact) mass is 1050 g/mol. The summed E-state index contributed by atoms with van der Waals surface area (Å²) in [6.45, 7) is 14.9. The molecule has 0 aliphatic carbocycles. The highest BCUT2D eigenvalue weighted by Gasteiger charge is 2.17. The SMILES string of the molecule is C.C.CCS(=O)(=O)c1cnc(CN)nc1.CCS(=O)(=O)c1cnc(CNC(=O)OC(C)(C)C)nc1.CCSc1cnc(C#N)nc1.CCSc1cnc(CC)nc1.N#Cc1ncc(Br)cn1. The number of hydrogen-bond donors (Lipinski definition) is 2. The van der Waals surface area contributed by atoms with Crippen molar-refractivity contribution >= 4 is 65.2 Å². The number of amides is 1. The molecular formula is C41H59BrN14O6S4. The Morgan fingerprint density at radius 2 is 1.02 bits per heavy atom. The Bertz CT molecular complexity index is 2440. The second kappa shape index (κ2) is 33.2. The van der Waals surface area contributed by atoms with Crippen LogP contribution in [0.1, 0.15) is 99.4 Å². The van der Waals surface area contributed by atoms with Crippen molar-refractivity contribution < 1.29 is 26.4 Å².